The normalized spacial score (nSPS) is 23.2. The summed E-state index contributed by atoms with van der Waals surface area (Å²) in [7, 11) is 1.67. The highest BCUT2D eigenvalue weighted by Gasteiger charge is 2.21. The summed E-state index contributed by atoms with van der Waals surface area (Å²) < 4.78 is 7.24. The number of ether oxygens (including phenoxy) is 1. The summed E-state index contributed by atoms with van der Waals surface area (Å²) >= 11 is 0. The fraction of sp³-hybridized carbons (Fsp3) is 0.765. The molecule has 6 nitrogen and oxygen atoms in total. The first kappa shape index (κ1) is 16.5. The van der Waals surface area contributed by atoms with Gasteiger partial charge in [-0.05, 0) is 25.8 Å². The number of rotatable bonds is 5. The zero-order chi connectivity index (χ0) is 16.1. The third kappa shape index (κ3) is 4.54. The molecule has 0 unspecified atom stereocenters. The van der Waals surface area contributed by atoms with E-state index < -0.39 is 0 Å². The van der Waals surface area contributed by atoms with E-state index in [1.807, 2.05) is 0 Å². The molecule has 2 fully saturated rings. The van der Waals surface area contributed by atoms with E-state index in [4.69, 9.17) is 4.74 Å². The third-order valence-corrected chi connectivity index (χ3v) is 4.96. The van der Waals surface area contributed by atoms with E-state index in [1.54, 1.807) is 19.3 Å². The number of morpholine rings is 1. The van der Waals surface area contributed by atoms with Crippen LogP contribution in [-0.2, 0) is 11.8 Å². The molecule has 1 aromatic heterocycles. The van der Waals surface area contributed by atoms with E-state index in [2.05, 4.69) is 15.3 Å². The Kier molecular flexibility index (Phi) is 5.67. The van der Waals surface area contributed by atoms with Crippen LogP contribution < -0.4 is 15.8 Å². The lowest BCUT2D eigenvalue weighted by molar-refractivity contribution is 0.0348. The van der Waals surface area contributed by atoms with Crippen LogP contribution in [0.4, 0.5) is 5.69 Å². The maximum Gasteiger partial charge on any atom is 0.268 e. The Morgan fingerprint density at radius 2 is 2.17 bits per heavy atom. The van der Waals surface area contributed by atoms with Crippen molar-refractivity contribution < 1.29 is 4.74 Å². The van der Waals surface area contributed by atoms with Gasteiger partial charge in [-0.25, -0.2) is 4.68 Å². The van der Waals surface area contributed by atoms with E-state index in [9.17, 15) is 4.79 Å². The molecule has 0 bridgehead atoms. The van der Waals surface area contributed by atoms with Crippen LogP contribution in [-0.4, -0.2) is 48.2 Å². The molecule has 6 heteroatoms. The van der Waals surface area contributed by atoms with Crippen LogP contribution >= 0.6 is 0 Å². The summed E-state index contributed by atoms with van der Waals surface area (Å²) in [5.41, 5.74) is 0.839. The second-order valence-corrected chi connectivity index (χ2v) is 6.69. The first-order chi connectivity index (χ1) is 11.2. The van der Waals surface area contributed by atoms with Crippen molar-refractivity contribution in [1.82, 2.24) is 15.1 Å². The van der Waals surface area contributed by atoms with Gasteiger partial charge in [-0.1, -0.05) is 19.3 Å². The lowest BCUT2D eigenvalue weighted by Gasteiger charge is -2.34. The Balaban J connectivity index is 1.47. The molecule has 23 heavy (non-hydrogen) atoms. The van der Waals surface area contributed by atoms with E-state index in [0.29, 0.717) is 12.6 Å². The quantitative estimate of drug-likeness (QED) is 0.886. The molecule has 3 rings (SSSR count). The number of aromatic nitrogens is 2. The minimum Gasteiger partial charge on any atom is -0.374 e. The molecule has 1 aromatic rings. The number of nitrogens with one attached hydrogen (secondary N) is 1. The van der Waals surface area contributed by atoms with Crippen molar-refractivity contribution in [2.24, 2.45) is 7.05 Å². The van der Waals surface area contributed by atoms with Crippen molar-refractivity contribution in [3.63, 3.8) is 0 Å². The monoisotopic (exact) mass is 320 g/mol. The molecule has 2 heterocycles. The number of anilines is 1. The summed E-state index contributed by atoms with van der Waals surface area (Å²) in [6, 6.07) is 2.36. The van der Waals surface area contributed by atoms with Crippen molar-refractivity contribution >= 4 is 5.69 Å². The molecular formula is C17H28N4O2. The standard InChI is InChI=1S/C17H28N4O2/c1-20-17(22)11-15(12-19-20)21-9-10-23-16(13-21)7-8-18-14-5-3-2-4-6-14/h11-12,14,16,18H,2-10,13H2,1H3/t16-/m1/s1. The maximum absolute atomic E-state index is 11.7. The number of aryl methyl sites for hydroxylation is 1. The van der Waals surface area contributed by atoms with Gasteiger partial charge in [0.15, 0.2) is 0 Å². The summed E-state index contributed by atoms with van der Waals surface area (Å²) in [5, 5.41) is 7.79. The summed E-state index contributed by atoms with van der Waals surface area (Å²) in [5.74, 6) is 0. The van der Waals surface area contributed by atoms with Gasteiger partial charge in [-0.2, -0.15) is 5.10 Å². The molecule has 1 N–H and O–H groups in total. The Bertz CT molecular complexity index is 554. The van der Waals surface area contributed by atoms with Crippen LogP contribution in [0.25, 0.3) is 0 Å². The average Bonchev–Trinajstić information content (AvgIpc) is 2.59. The SMILES string of the molecule is Cn1ncc(N2CCO[C@H](CCNC3CCCCC3)C2)cc1=O. The second kappa shape index (κ2) is 7.93. The molecule has 0 radical (unpaired) electrons. The van der Waals surface area contributed by atoms with Gasteiger partial charge in [0.1, 0.15) is 0 Å². The Labute approximate surface area is 137 Å². The average molecular weight is 320 g/mol. The maximum atomic E-state index is 11.7. The van der Waals surface area contributed by atoms with Gasteiger partial charge < -0.3 is 15.0 Å². The van der Waals surface area contributed by atoms with Crippen LogP contribution in [0.1, 0.15) is 38.5 Å². The zero-order valence-electron chi connectivity index (χ0n) is 14.0. The molecule has 0 spiro atoms. The molecule has 0 amide bonds. The Morgan fingerprint density at radius 3 is 2.96 bits per heavy atom. The highest BCUT2D eigenvalue weighted by atomic mass is 16.5. The molecular weight excluding hydrogens is 292 g/mol. The fourth-order valence-electron chi connectivity index (χ4n) is 3.52. The smallest absolute Gasteiger partial charge is 0.268 e. The van der Waals surface area contributed by atoms with Gasteiger partial charge in [-0.15, -0.1) is 0 Å². The van der Waals surface area contributed by atoms with Gasteiger partial charge in [0.25, 0.3) is 5.56 Å². The van der Waals surface area contributed by atoms with Gasteiger partial charge in [0.2, 0.25) is 0 Å². The van der Waals surface area contributed by atoms with Crippen LogP contribution in [0.5, 0.6) is 0 Å². The first-order valence-electron chi connectivity index (χ1n) is 8.85. The van der Waals surface area contributed by atoms with Crippen molar-refractivity contribution in [3.05, 3.63) is 22.6 Å². The predicted octanol–water partition coefficient (Wildman–Crippen LogP) is 1.30. The van der Waals surface area contributed by atoms with Crippen molar-refractivity contribution in [3.8, 4) is 0 Å². The van der Waals surface area contributed by atoms with Gasteiger partial charge in [0.05, 0.1) is 24.6 Å². The zero-order valence-corrected chi connectivity index (χ0v) is 14.0. The number of hydrogen-bond acceptors (Lipinski definition) is 5. The minimum atomic E-state index is -0.0653. The summed E-state index contributed by atoms with van der Waals surface area (Å²) in [4.78, 5) is 14.0. The van der Waals surface area contributed by atoms with Gasteiger partial charge in [0, 0.05) is 32.2 Å². The van der Waals surface area contributed by atoms with Crippen molar-refractivity contribution in [2.45, 2.75) is 50.7 Å². The number of hydrogen-bond donors (Lipinski definition) is 1. The molecule has 1 aliphatic heterocycles. The molecule has 1 atom stereocenters. The van der Waals surface area contributed by atoms with E-state index in [0.717, 1.165) is 31.7 Å². The predicted molar refractivity (Wildman–Crippen MR) is 90.9 cm³/mol. The van der Waals surface area contributed by atoms with E-state index in [1.165, 1.54) is 36.8 Å². The van der Waals surface area contributed by atoms with Crippen molar-refractivity contribution in [1.29, 1.82) is 0 Å². The first-order valence-corrected chi connectivity index (χ1v) is 8.85. The fourth-order valence-corrected chi connectivity index (χ4v) is 3.52. The van der Waals surface area contributed by atoms with Crippen LogP contribution in [0, 0.1) is 0 Å². The third-order valence-electron chi connectivity index (χ3n) is 4.96. The second-order valence-electron chi connectivity index (χ2n) is 6.69. The number of nitrogens with zero attached hydrogens (tertiary/aromatic N) is 3. The van der Waals surface area contributed by atoms with Gasteiger partial charge in [-0.3, -0.25) is 4.79 Å². The molecule has 0 aromatic carbocycles. The lowest BCUT2D eigenvalue weighted by atomic mass is 9.95. The molecule has 2 aliphatic rings. The largest absolute Gasteiger partial charge is 0.374 e. The summed E-state index contributed by atoms with van der Waals surface area (Å²) in [6.07, 6.45) is 9.76. The highest BCUT2D eigenvalue weighted by Crippen LogP contribution is 2.18. The van der Waals surface area contributed by atoms with Crippen LogP contribution in [0.2, 0.25) is 0 Å². The molecule has 128 valence electrons. The lowest BCUT2D eigenvalue weighted by Crippen LogP contribution is -2.44. The van der Waals surface area contributed by atoms with E-state index in [-0.39, 0.29) is 11.7 Å². The Hall–Kier alpha value is -1.40. The topological polar surface area (TPSA) is 59.4 Å². The molecule has 1 aliphatic carbocycles. The van der Waals surface area contributed by atoms with Crippen LogP contribution in [0.3, 0.4) is 0 Å². The minimum absolute atomic E-state index is 0.0653. The van der Waals surface area contributed by atoms with Crippen molar-refractivity contribution in [2.75, 3.05) is 31.1 Å². The van der Waals surface area contributed by atoms with Crippen LogP contribution in [0.15, 0.2) is 17.1 Å². The highest BCUT2D eigenvalue weighted by molar-refractivity contribution is 5.43. The summed E-state index contributed by atoms with van der Waals surface area (Å²) in [6.45, 7) is 3.38. The van der Waals surface area contributed by atoms with Gasteiger partial charge >= 0.3 is 0 Å². The van der Waals surface area contributed by atoms with E-state index >= 15 is 0 Å². The molecule has 1 saturated heterocycles. The Morgan fingerprint density at radius 1 is 1.35 bits per heavy atom. The molecule has 1 saturated carbocycles.